The van der Waals surface area contributed by atoms with Crippen LogP contribution < -0.4 is 5.32 Å². The minimum absolute atomic E-state index is 0.249. The van der Waals surface area contributed by atoms with Crippen molar-refractivity contribution >= 4 is 12.6 Å². The topological polar surface area (TPSA) is 102 Å². The monoisotopic (exact) mass is 281 g/mol. The number of aliphatic hydroxyl groups excluding tert-OH is 3. The number of hydrogen-bond donors (Lipinski definition) is 6. The molecule has 0 spiro atoms. The van der Waals surface area contributed by atoms with Gasteiger partial charge in [0.1, 0.15) is 29.3 Å². The van der Waals surface area contributed by atoms with Gasteiger partial charge < -0.3 is 30.5 Å². The van der Waals surface area contributed by atoms with Gasteiger partial charge in [0, 0.05) is 0 Å². The SMILES string of the molecule is CNCCCC[C@@]1(O)[C@H](O)[C@@H](O)[C@H](S)O[C@@H]1CO. The average Bonchev–Trinajstić information content (AvgIpc) is 2.37. The van der Waals surface area contributed by atoms with E-state index in [1.807, 2.05) is 7.05 Å². The van der Waals surface area contributed by atoms with Crippen LogP contribution in [-0.2, 0) is 4.74 Å². The second-order valence-electron chi connectivity index (χ2n) is 4.69. The van der Waals surface area contributed by atoms with Crippen molar-refractivity contribution in [1.82, 2.24) is 5.32 Å². The van der Waals surface area contributed by atoms with Gasteiger partial charge in [-0.25, -0.2) is 0 Å². The number of aliphatic hydroxyl groups is 4. The van der Waals surface area contributed by atoms with E-state index in [1.165, 1.54) is 0 Å². The normalized spacial score (nSPS) is 41.0. The largest absolute Gasteiger partial charge is 0.394 e. The van der Waals surface area contributed by atoms with Crippen molar-refractivity contribution in [2.24, 2.45) is 0 Å². The molecule has 0 aliphatic carbocycles. The molecule has 0 aromatic carbocycles. The molecule has 0 bridgehead atoms. The van der Waals surface area contributed by atoms with Crippen LogP contribution in [0.25, 0.3) is 0 Å². The number of thiol groups is 1. The number of rotatable bonds is 6. The Morgan fingerprint density at radius 2 is 2.00 bits per heavy atom. The summed E-state index contributed by atoms with van der Waals surface area (Å²) < 4.78 is 5.23. The fourth-order valence-electron chi connectivity index (χ4n) is 2.23. The molecule has 1 aliphatic rings. The van der Waals surface area contributed by atoms with E-state index in [4.69, 9.17) is 4.74 Å². The maximum atomic E-state index is 10.4. The van der Waals surface area contributed by atoms with Gasteiger partial charge in [0.05, 0.1) is 6.61 Å². The lowest BCUT2D eigenvalue weighted by molar-refractivity contribution is -0.259. The van der Waals surface area contributed by atoms with E-state index in [9.17, 15) is 20.4 Å². The molecule has 0 aromatic heterocycles. The third-order valence-corrected chi connectivity index (χ3v) is 3.84. The lowest BCUT2D eigenvalue weighted by atomic mass is 9.81. The van der Waals surface area contributed by atoms with Gasteiger partial charge in [0.15, 0.2) is 0 Å². The molecule has 0 saturated carbocycles. The fraction of sp³-hybridized carbons (Fsp3) is 1.00. The van der Waals surface area contributed by atoms with Gasteiger partial charge in [-0.3, -0.25) is 0 Å². The van der Waals surface area contributed by atoms with E-state index < -0.39 is 36.0 Å². The Kier molecular flexibility index (Phi) is 6.32. The second-order valence-corrected chi connectivity index (χ2v) is 5.19. The molecule has 0 unspecified atom stereocenters. The van der Waals surface area contributed by atoms with Crippen molar-refractivity contribution in [3.63, 3.8) is 0 Å². The zero-order chi connectivity index (χ0) is 13.8. The van der Waals surface area contributed by atoms with Crippen molar-refractivity contribution in [3.05, 3.63) is 0 Å². The van der Waals surface area contributed by atoms with Crippen LogP contribution in [0, 0.1) is 0 Å². The number of nitrogens with one attached hydrogen (secondary N) is 1. The summed E-state index contributed by atoms with van der Waals surface area (Å²) in [5.41, 5.74) is -2.55. The summed E-state index contributed by atoms with van der Waals surface area (Å²) in [5, 5.41) is 42.3. The third-order valence-electron chi connectivity index (χ3n) is 3.41. The fourth-order valence-corrected chi connectivity index (χ4v) is 2.54. The lowest BCUT2D eigenvalue weighted by Gasteiger charge is -2.47. The molecule has 5 N–H and O–H groups in total. The average molecular weight is 281 g/mol. The Bertz CT molecular complexity index is 254. The van der Waals surface area contributed by atoms with Crippen LogP contribution >= 0.6 is 12.6 Å². The summed E-state index contributed by atoms with van der Waals surface area (Å²) in [6.07, 6.45) is -1.86. The molecular formula is C11H23NO5S. The molecule has 1 heterocycles. The maximum absolute atomic E-state index is 10.4. The van der Waals surface area contributed by atoms with E-state index in [0.29, 0.717) is 6.42 Å². The van der Waals surface area contributed by atoms with Crippen LogP contribution in [0.5, 0.6) is 0 Å². The minimum atomic E-state index is -1.64. The van der Waals surface area contributed by atoms with Crippen molar-refractivity contribution < 1.29 is 25.2 Å². The van der Waals surface area contributed by atoms with E-state index in [2.05, 4.69) is 17.9 Å². The van der Waals surface area contributed by atoms with E-state index in [-0.39, 0.29) is 6.42 Å². The van der Waals surface area contributed by atoms with Crippen LogP contribution in [0.2, 0.25) is 0 Å². The first-order valence-electron chi connectivity index (χ1n) is 6.15. The Morgan fingerprint density at radius 3 is 2.56 bits per heavy atom. The van der Waals surface area contributed by atoms with Gasteiger partial charge in [-0.05, 0) is 32.9 Å². The van der Waals surface area contributed by atoms with Crippen molar-refractivity contribution in [2.75, 3.05) is 20.2 Å². The lowest BCUT2D eigenvalue weighted by Crippen LogP contribution is -2.65. The molecule has 0 amide bonds. The molecule has 0 aromatic rings. The summed E-state index contributed by atoms with van der Waals surface area (Å²) in [5.74, 6) is 0. The van der Waals surface area contributed by atoms with Gasteiger partial charge in [-0.2, -0.15) is 0 Å². The molecule has 1 aliphatic heterocycles. The predicted molar refractivity (Wildman–Crippen MR) is 69.5 cm³/mol. The highest BCUT2D eigenvalue weighted by atomic mass is 32.1. The molecule has 1 rings (SSSR count). The standard InChI is InChI=1S/C11H23NO5S/c1-12-5-3-2-4-11(16)7(6-13)17-10(18)8(14)9(11)15/h7-10,12-16,18H,2-6H2,1H3/t7-,8-,9-,10+,11+/m1/s1. The Labute approximate surface area is 112 Å². The first-order valence-corrected chi connectivity index (χ1v) is 6.66. The summed E-state index contributed by atoms with van der Waals surface area (Å²) in [7, 11) is 1.83. The molecule has 5 atom stereocenters. The van der Waals surface area contributed by atoms with Crippen LogP contribution in [0.15, 0.2) is 0 Å². The van der Waals surface area contributed by atoms with Gasteiger partial charge in [-0.1, -0.05) is 0 Å². The van der Waals surface area contributed by atoms with Gasteiger partial charge in [0.2, 0.25) is 0 Å². The highest BCUT2D eigenvalue weighted by molar-refractivity contribution is 7.80. The Morgan fingerprint density at radius 1 is 1.33 bits per heavy atom. The summed E-state index contributed by atoms with van der Waals surface area (Å²) >= 11 is 3.97. The molecule has 6 nitrogen and oxygen atoms in total. The molecule has 108 valence electrons. The van der Waals surface area contributed by atoms with Crippen LogP contribution in [0.1, 0.15) is 19.3 Å². The van der Waals surface area contributed by atoms with Crippen molar-refractivity contribution in [2.45, 2.75) is 48.6 Å². The molecule has 7 heteroatoms. The van der Waals surface area contributed by atoms with Crippen LogP contribution in [0.4, 0.5) is 0 Å². The zero-order valence-corrected chi connectivity index (χ0v) is 11.4. The minimum Gasteiger partial charge on any atom is -0.394 e. The molecule has 18 heavy (non-hydrogen) atoms. The number of hydrogen-bond acceptors (Lipinski definition) is 7. The number of unbranched alkanes of at least 4 members (excludes halogenated alkanes) is 1. The highest BCUT2D eigenvalue weighted by Gasteiger charge is 2.53. The van der Waals surface area contributed by atoms with Crippen LogP contribution in [0.3, 0.4) is 0 Å². The highest BCUT2D eigenvalue weighted by Crippen LogP contribution is 2.34. The van der Waals surface area contributed by atoms with Crippen molar-refractivity contribution in [1.29, 1.82) is 0 Å². The maximum Gasteiger partial charge on any atom is 0.129 e. The Hall–Kier alpha value is 0.110. The summed E-state index contributed by atoms with van der Waals surface area (Å²) in [6, 6.07) is 0. The third kappa shape index (κ3) is 3.36. The zero-order valence-electron chi connectivity index (χ0n) is 10.5. The van der Waals surface area contributed by atoms with Crippen LogP contribution in [-0.4, -0.2) is 70.0 Å². The van der Waals surface area contributed by atoms with Crippen molar-refractivity contribution in [3.8, 4) is 0 Å². The molecule has 0 radical (unpaired) electrons. The quantitative estimate of drug-likeness (QED) is 0.261. The summed E-state index contributed by atoms with van der Waals surface area (Å²) in [6.45, 7) is 0.373. The molecule has 1 fully saturated rings. The first kappa shape index (κ1) is 16.2. The second kappa shape index (κ2) is 7.04. The number of ether oxygens (including phenoxy) is 1. The Balaban J connectivity index is 2.66. The van der Waals surface area contributed by atoms with Gasteiger partial charge >= 0.3 is 0 Å². The van der Waals surface area contributed by atoms with E-state index in [1.54, 1.807) is 0 Å². The predicted octanol–water partition coefficient (Wildman–Crippen LogP) is -1.52. The van der Waals surface area contributed by atoms with Gasteiger partial charge in [-0.15, -0.1) is 12.6 Å². The van der Waals surface area contributed by atoms with E-state index >= 15 is 0 Å². The van der Waals surface area contributed by atoms with Gasteiger partial charge in [0.25, 0.3) is 0 Å². The summed E-state index contributed by atoms with van der Waals surface area (Å²) in [4.78, 5) is 0. The smallest absolute Gasteiger partial charge is 0.129 e. The van der Waals surface area contributed by atoms with E-state index in [0.717, 1.165) is 13.0 Å². The first-order chi connectivity index (χ1) is 8.47. The molecular weight excluding hydrogens is 258 g/mol. The molecule has 1 saturated heterocycles.